The van der Waals surface area contributed by atoms with Crippen LogP contribution in [0.3, 0.4) is 0 Å². The summed E-state index contributed by atoms with van der Waals surface area (Å²) in [5, 5.41) is 6.32. The van der Waals surface area contributed by atoms with Gasteiger partial charge < -0.3 is 16.4 Å². The van der Waals surface area contributed by atoms with E-state index in [9.17, 15) is 4.39 Å². The summed E-state index contributed by atoms with van der Waals surface area (Å²) in [5.74, 6) is 7.63. The molecule has 26 heavy (non-hydrogen) atoms. The van der Waals surface area contributed by atoms with E-state index < -0.39 is 0 Å². The lowest BCUT2D eigenvalue weighted by atomic mass is 10.1. The topological polar surface area (TPSA) is 75.9 Å². The highest BCUT2D eigenvalue weighted by Crippen LogP contribution is 2.24. The molecular formula is C20H24FN5. The summed E-state index contributed by atoms with van der Waals surface area (Å²) in [5.41, 5.74) is 7.32. The van der Waals surface area contributed by atoms with Gasteiger partial charge in [-0.05, 0) is 43.9 Å². The van der Waals surface area contributed by atoms with Gasteiger partial charge in [0, 0.05) is 24.2 Å². The fourth-order valence-corrected chi connectivity index (χ4v) is 2.93. The summed E-state index contributed by atoms with van der Waals surface area (Å²) in [6.07, 6.45) is 5.71. The molecule has 0 amide bonds. The molecule has 136 valence electrons. The number of hydrogen-bond acceptors (Lipinski definition) is 5. The number of nitrogens with zero attached hydrogens (tertiary/aromatic N) is 2. The highest BCUT2D eigenvalue weighted by molar-refractivity contribution is 5.59. The van der Waals surface area contributed by atoms with Gasteiger partial charge in [0.2, 0.25) is 5.95 Å². The third-order valence-corrected chi connectivity index (χ3v) is 4.30. The zero-order chi connectivity index (χ0) is 18.4. The Morgan fingerprint density at radius 1 is 1.35 bits per heavy atom. The fraction of sp³-hybridized carbons (Fsp3) is 0.400. The van der Waals surface area contributed by atoms with Crippen molar-refractivity contribution in [1.82, 2.24) is 9.97 Å². The van der Waals surface area contributed by atoms with Gasteiger partial charge in [-0.3, -0.25) is 0 Å². The monoisotopic (exact) mass is 353 g/mol. The van der Waals surface area contributed by atoms with Crippen LogP contribution in [0.25, 0.3) is 0 Å². The number of nitrogens with two attached hydrogens (primary N) is 1. The van der Waals surface area contributed by atoms with E-state index in [1.165, 1.54) is 12.1 Å². The highest BCUT2D eigenvalue weighted by Gasteiger charge is 2.19. The molecule has 0 saturated heterocycles. The second-order valence-corrected chi connectivity index (χ2v) is 6.56. The van der Waals surface area contributed by atoms with Crippen molar-refractivity contribution in [2.75, 3.05) is 17.2 Å². The Balaban J connectivity index is 1.79. The van der Waals surface area contributed by atoms with Crippen molar-refractivity contribution in [2.45, 2.75) is 38.6 Å². The van der Waals surface area contributed by atoms with Crippen molar-refractivity contribution in [2.24, 2.45) is 11.7 Å². The molecule has 6 heteroatoms. The molecule has 1 fully saturated rings. The molecule has 3 rings (SSSR count). The van der Waals surface area contributed by atoms with Crippen LogP contribution in [0.1, 0.15) is 38.2 Å². The quantitative estimate of drug-likeness (QED) is 0.715. The maximum Gasteiger partial charge on any atom is 0.229 e. The van der Waals surface area contributed by atoms with E-state index in [4.69, 9.17) is 5.73 Å². The molecular weight excluding hydrogens is 329 g/mol. The molecule has 5 nitrogen and oxygen atoms in total. The van der Waals surface area contributed by atoms with Crippen molar-refractivity contribution in [3.63, 3.8) is 0 Å². The lowest BCUT2D eigenvalue weighted by molar-refractivity contribution is 0.628. The Kier molecular flexibility index (Phi) is 6.03. The molecule has 0 bridgehead atoms. The molecule has 1 saturated carbocycles. The summed E-state index contributed by atoms with van der Waals surface area (Å²) in [6.45, 7) is 2.88. The van der Waals surface area contributed by atoms with E-state index in [0.29, 0.717) is 23.4 Å². The lowest BCUT2D eigenvalue weighted by Gasteiger charge is -2.10. The van der Waals surface area contributed by atoms with E-state index in [0.717, 1.165) is 37.8 Å². The Labute approximate surface area is 153 Å². The van der Waals surface area contributed by atoms with E-state index >= 15 is 0 Å². The number of rotatable bonds is 5. The Morgan fingerprint density at radius 3 is 2.96 bits per heavy atom. The van der Waals surface area contributed by atoms with Crippen LogP contribution in [-0.2, 0) is 0 Å². The number of hydrogen-bond donors (Lipinski definition) is 3. The highest BCUT2D eigenvalue weighted by atomic mass is 19.1. The molecule has 1 aliphatic rings. The van der Waals surface area contributed by atoms with Crippen LogP contribution in [0.15, 0.2) is 30.5 Å². The molecule has 2 aromatic rings. The van der Waals surface area contributed by atoms with Crippen molar-refractivity contribution in [1.29, 1.82) is 0 Å². The van der Waals surface area contributed by atoms with Crippen molar-refractivity contribution in [3.8, 4) is 11.8 Å². The predicted molar refractivity (Wildman–Crippen MR) is 103 cm³/mol. The number of benzene rings is 1. The second-order valence-electron chi connectivity index (χ2n) is 6.56. The molecule has 0 radical (unpaired) electrons. The number of aromatic nitrogens is 2. The summed E-state index contributed by atoms with van der Waals surface area (Å²) in [6, 6.07) is 6.47. The van der Waals surface area contributed by atoms with Crippen LogP contribution in [0, 0.1) is 23.6 Å². The zero-order valence-corrected chi connectivity index (χ0v) is 14.9. The van der Waals surface area contributed by atoms with Gasteiger partial charge in [0.25, 0.3) is 0 Å². The number of nitrogens with one attached hydrogen (secondary N) is 2. The minimum absolute atomic E-state index is 0.265. The Bertz CT molecular complexity index is 811. The molecule has 1 heterocycles. The van der Waals surface area contributed by atoms with E-state index in [-0.39, 0.29) is 11.9 Å². The third-order valence-electron chi connectivity index (χ3n) is 4.30. The first-order valence-corrected chi connectivity index (χ1v) is 9.04. The molecule has 1 aliphatic carbocycles. The maximum absolute atomic E-state index is 13.3. The summed E-state index contributed by atoms with van der Waals surface area (Å²) in [4.78, 5) is 8.83. The zero-order valence-electron chi connectivity index (χ0n) is 14.9. The van der Waals surface area contributed by atoms with Crippen LogP contribution in [0.4, 0.5) is 21.8 Å². The molecule has 4 N–H and O–H groups in total. The van der Waals surface area contributed by atoms with Gasteiger partial charge in [-0.1, -0.05) is 24.8 Å². The SMILES string of the molecule is CCCNc1nc(Nc2cccc(F)c2)ncc1C#C[C@@H]1CC[C@H](N)C1. The smallest absolute Gasteiger partial charge is 0.229 e. The summed E-state index contributed by atoms with van der Waals surface area (Å²) in [7, 11) is 0. The van der Waals surface area contributed by atoms with Crippen molar-refractivity contribution in [3.05, 3.63) is 41.8 Å². The first kappa shape index (κ1) is 18.2. The summed E-state index contributed by atoms with van der Waals surface area (Å²) >= 11 is 0. The normalized spacial score (nSPS) is 18.9. The van der Waals surface area contributed by atoms with Gasteiger partial charge in [-0.2, -0.15) is 4.98 Å². The van der Waals surface area contributed by atoms with E-state index in [2.05, 4.69) is 39.4 Å². The van der Waals surface area contributed by atoms with Gasteiger partial charge in [-0.15, -0.1) is 0 Å². The Hall–Kier alpha value is -2.65. The second kappa shape index (κ2) is 8.63. The van der Waals surface area contributed by atoms with E-state index in [1.54, 1.807) is 18.3 Å². The minimum atomic E-state index is -0.309. The first-order valence-electron chi connectivity index (χ1n) is 9.04. The average molecular weight is 353 g/mol. The summed E-state index contributed by atoms with van der Waals surface area (Å²) < 4.78 is 13.3. The maximum atomic E-state index is 13.3. The van der Waals surface area contributed by atoms with Crippen molar-refractivity contribution >= 4 is 17.5 Å². The van der Waals surface area contributed by atoms with Crippen LogP contribution in [0.5, 0.6) is 0 Å². The molecule has 0 aliphatic heterocycles. The molecule has 1 aromatic heterocycles. The van der Waals surface area contributed by atoms with E-state index in [1.807, 2.05) is 0 Å². The Morgan fingerprint density at radius 2 is 2.23 bits per heavy atom. The largest absolute Gasteiger partial charge is 0.369 e. The molecule has 1 aromatic carbocycles. The van der Waals surface area contributed by atoms with Gasteiger partial charge in [-0.25, -0.2) is 9.37 Å². The van der Waals surface area contributed by atoms with Crippen LogP contribution < -0.4 is 16.4 Å². The standard InChI is InChI=1S/C20H24FN5/c1-2-10-23-19-15(8-6-14-7-9-17(22)11-14)13-24-20(26-19)25-18-5-3-4-16(21)12-18/h3-5,12-14,17H,2,7,9-11,22H2,1H3,(H2,23,24,25,26)/t14-,17+/m1/s1. The number of halogens is 1. The van der Waals surface area contributed by atoms with Gasteiger partial charge in [0.1, 0.15) is 11.6 Å². The fourth-order valence-electron chi connectivity index (χ4n) is 2.93. The van der Waals surface area contributed by atoms with Crippen LogP contribution in [-0.4, -0.2) is 22.6 Å². The van der Waals surface area contributed by atoms with Crippen molar-refractivity contribution < 1.29 is 4.39 Å². The minimum Gasteiger partial charge on any atom is -0.369 e. The van der Waals surface area contributed by atoms with Crippen LogP contribution >= 0.6 is 0 Å². The molecule has 2 atom stereocenters. The molecule has 0 unspecified atom stereocenters. The van der Waals surface area contributed by atoms with Gasteiger partial charge in [0.15, 0.2) is 0 Å². The molecule has 0 spiro atoms. The predicted octanol–water partition coefficient (Wildman–Crippen LogP) is 3.66. The van der Waals surface area contributed by atoms with Crippen LogP contribution in [0.2, 0.25) is 0 Å². The average Bonchev–Trinajstić information content (AvgIpc) is 3.04. The lowest BCUT2D eigenvalue weighted by Crippen LogP contribution is -2.14. The van der Waals surface area contributed by atoms with Gasteiger partial charge >= 0.3 is 0 Å². The first-order chi connectivity index (χ1) is 12.6. The van der Waals surface area contributed by atoms with Gasteiger partial charge in [0.05, 0.1) is 11.8 Å². The number of anilines is 3. The third kappa shape index (κ3) is 4.93.